The molecule has 0 N–H and O–H groups in total. The average Bonchev–Trinajstić information content (AvgIpc) is 2.46. The maximum absolute atomic E-state index is 10.7. The summed E-state index contributed by atoms with van der Waals surface area (Å²) >= 11 is 0. The molecule has 3 aromatic rings. The van der Waals surface area contributed by atoms with E-state index in [1.54, 1.807) is 0 Å². The zero-order chi connectivity index (χ0) is 17.3. The molecule has 0 unspecified atom stereocenters. The van der Waals surface area contributed by atoms with E-state index in [0.717, 1.165) is 0 Å². The maximum atomic E-state index is 10.7. The molecule has 0 aliphatic carbocycles. The predicted molar refractivity (Wildman–Crippen MR) is 78.4 cm³/mol. The van der Waals surface area contributed by atoms with E-state index in [1.165, 1.54) is 21.8 Å². The van der Waals surface area contributed by atoms with E-state index < -0.39 is 15.6 Å². The third kappa shape index (κ3) is 3.77. The molecular formula is C15H12F3NO3S. The summed E-state index contributed by atoms with van der Waals surface area (Å²) in [5.74, 6) is 0. The van der Waals surface area contributed by atoms with E-state index in [4.69, 9.17) is 13.0 Å². The molecule has 0 saturated heterocycles. The molecule has 0 radical (unpaired) electrons. The molecular weight excluding hydrogens is 331 g/mol. The Labute approximate surface area is 130 Å². The van der Waals surface area contributed by atoms with E-state index in [0.29, 0.717) is 0 Å². The van der Waals surface area contributed by atoms with Crippen LogP contribution in [-0.2, 0) is 17.2 Å². The number of para-hydroxylation sites is 2. The van der Waals surface area contributed by atoms with E-state index in [9.17, 15) is 13.2 Å². The first-order chi connectivity index (χ1) is 10.6. The monoisotopic (exact) mass is 343 g/mol. The number of benzene rings is 2. The molecule has 0 aliphatic heterocycles. The fourth-order valence-corrected chi connectivity index (χ4v) is 2.13. The summed E-state index contributed by atoms with van der Waals surface area (Å²) in [5.41, 5.74) is -3.10. The number of halogens is 3. The predicted octanol–water partition coefficient (Wildman–Crippen LogP) is 2.87. The number of pyridine rings is 1. The van der Waals surface area contributed by atoms with Gasteiger partial charge in [0.05, 0.1) is 0 Å². The minimum atomic E-state index is -6.09. The number of nitrogens with zero attached hydrogens (tertiary/aromatic N) is 1. The highest BCUT2D eigenvalue weighted by Crippen LogP contribution is 2.20. The smallest absolute Gasteiger partial charge is 0.485 e. The number of hydrogen-bond donors (Lipinski definition) is 0. The fraction of sp³-hybridized carbons (Fsp3) is 0.133. The zero-order valence-electron chi connectivity index (χ0n) is 11.9. The summed E-state index contributed by atoms with van der Waals surface area (Å²) in [4.78, 5) is 0. The lowest BCUT2D eigenvalue weighted by molar-refractivity contribution is -0.617. The molecule has 2 aromatic carbocycles. The highest BCUT2D eigenvalue weighted by molar-refractivity contribution is 7.86. The van der Waals surface area contributed by atoms with Gasteiger partial charge in [0.2, 0.25) is 11.0 Å². The first-order valence-electron chi connectivity index (χ1n) is 6.40. The van der Waals surface area contributed by atoms with Crippen molar-refractivity contribution in [2.75, 3.05) is 0 Å². The minimum Gasteiger partial charge on any atom is -0.741 e. The van der Waals surface area contributed by atoms with Crippen molar-refractivity contribution in [3.05, 3.63) is 54.6 Å². The van der Waals surface area contributed by atoms with Crippen molar-refractivity contribution in [3.63, 3.8) is 0 Å². The molecule has 122 valence electrons. The minimum absolute atomic E-state index is 1.27. The number of hydrogen-bond acceptors (Lipinski definition) is 3. The quantitative estimate of drug-likeness (QED) is 0.273. The summed E-state index contributed by atoms with van der Waals surface area (Å²) in [6, 6.07) is 19.2. The number of rotatable bonds is 0. The van der Waals surface area contributed by atoms with Crippen molar-refractivity contribution in [1.82, 2.24) is 0 Å². The SMILES string of the molecule is C[n+]1c2ccccc2cc2ccccc21.O=S(=O)([O-])C(F)(F)F. The highest BCUT2D eigenvalue weighted by atomic mass is 32.2. The van der Waals surface area contributed by atoms with Gasteiger partial charge in [0.15, 0.2) is 10.1 Å². The largest absolute Gasteiger partial charge is 0.741 e. The van der Waals surface area contributed by atoms with Crippen molar-refractivity contribution < 1.29 is 30.7 Å². The van der Waals surface area contributed by atoms with Gasteiger partial charge in [-0.25, -0.2) is 8.42 Å². The van der Waals surface area contributed by atoms with Crippen molar-refractivity contribution in [2.45, 2.75) is 5.51 Å². The Bertz CT molecular complexity index is 899. The Morgan fingerprint density at radius 1 is 0.913 bits per heavy atom. The third-order valence-electron chi connectivity index (χ3n) is 3.19. The van der Waals surface area contributed by atoms with Gasteiger partial charge >= 0.3 is 5.51 Å². The number of alkyl halides is 3. The van der Waals surface area contributed by atoms with Crippen LogP contribution in [0.25, 0.3) is 21.8 Å². The van der Waals surface area contributed by atoms with Crippen molar-refractivity contribution >= 4 is 31.9 Å². The van der Waals surface area contributed by atoms with Gasteiger partial charge in [-0.2, -0.15) is 17.7 Å². The summed E-state index contributed by atoms with van der Waals surface area (Å²) in [5, 5.41) is 2.58. The Morgan fingerprint density at radius 2 is 1.26 bits per heavy atom. The molecule has 3 rings (SSSR count). The van der Waals surface area contributed by atoms with Gasteiger partial charge in [-0.3, -0.25) is 0 Å². The summed E-state index contributed by atoms with van der Waals surface area (Å²) in [7, 11) is -3.97. The van der Waals surface area contributed by atoms with E-state index in [-0.39, 0.29) is 0 Å². The second kappa shape index (κ2) is 6.13. The molecule has 1 aromatic heterocycles. The Balaban J connectivity index is 0.000000207. The fourth-order valence-electron chi connectivity index (χ4n) is 2.13. The van der Waals surface area contributed by atoms with Gasteiger partial charge in [0.25, 0.3) is 0 Å². The van der Waals surface area contributed by atoms with Gasteiger partial charge in [-0.1, -0.05) is 24.3 Å². The molecule has 23 heavy (non-hydrogen) atoms. The van der Waals surface area contributed by atoms with Crippen molar-refractivity contribution in [3.8, 4) is 0 Å². The summed E-state index contributed by atoms with van der Waals surface area (Å²) < 4.78 is 61.1. The van der Waals surface area contributed by atoms with E-state index in [2.05, 4.69) is 66.2 Å². The van der Waals surface area contributed by atoms with Gasteiger partial charge in [-0.05, 0) is 18.2 Å². The average molecular weight is 343 g/mol. The molecule has 0 spiro atoms. The van der Waals surface area contributed by atoms with Crippen LogP contribution in [0.1, 0.15) is 0 Å². The number of aromatic nitrogens is 1. The van der Waals surface area contributed by atoms with Gasteiger partial charge in [0, 0.05) is 22.9 Å². The number of aryl methyl sites for hydroxylation is 1. The van der Waals surface area contributed by atoms with Crippen LogP contribution in [0.15, 0.2) is 54.6 Å². The van der Waals surface area contributed by atoms with Crippen LogP contribution in [-0.4, -0.2) is 18.5 Å². The van der Waals surface area contributed by atoms with Crippen molar-refractivity contribution in [1.29, 1.82) is 0 Å². The number of fused-ring (bicyclic) bond motifs is 2. The van der Waals surface area contributed by atoms with Crippen LogP contribution in [0.3, 0.4) is 0 Å². The lowest BCUT2D eigenvalue weighted by atomic mass is 10.1. The van der Waals surface area contributed by atoms with Crippen molar-refractivity contribution in [2.24, 2.45) is 7.05 Å². The Kier molecular flexibility index (Phi) is 4.58. The standard InChI is InChI=1S/C14H12N.CHF3O3S/c1-15-13-8-4-2-6-11(13)10-12-7-3-5-9-14(12)15;2-1(3,4)8(5,6)7/h2-10H,1H3;(H,5,6,7)/q+1;/p-1. The molecule has 0 aliphatic rings. The molecule has 1 heterocycles. The van der Waals surface area contributed by atoms with Crippen LogP contribution in [0, 0.1) is 0 Å². The van der Waals surface area contributed by atoms with Gasteiger partial charge in [-0.15, -0.1) is 0 Å². The van der Waals surface area contributed by atoms with Crippen LogP contribution >= 0.6 is 0 Å². The van der Waals surface area contributed by atoms with Crippen LogP contribution < -0.4 is 4.57 Å². The molecule has 8 heteroatoms. The van der Waals surface area contributed by atoms with Gasteiger partial charge < -0.3 is 4.55 Å². The second-order valence-electron chi connectivity index (χ2n) is 4.72. The third-order valence-corrected chi connectivity index (χ3v) is 3.76. The van der Waals surface area contributed by atoms with Crippen LogP contribution in [0.4, 0.5) is 13.2 Å². The highest BCUT2D eigenvalue weighted by Gasteiger charge is 2.36. The first kappa shape index (κ1) is 17.2. The summed E-state index contributed by atoms with van der Waals surface area (Å²) in [6.45, 7) is 0. The maximum Gasteiger partial charge on any atom is 0.485 e. The second-order valence-corrected chi connectivity index (χ2v) is 6.09. The summed E-state index contributed by atoms with van der Waals surface area (Å²) in [6.07, 6.45) is 0. The topological polar surface area (TPSA) is 61.1 Å². The van der Waals surface area contributed by atoms with Crippen LogP contribution in [0.5, 0.6) is 0 Å². The van der Waals surface area contributed by atoms with E-state index >= 15 is 0 Å². The normalized spacial score (nSPS) is 12.0. The zero-order valence-corrected chi connectivity index (χ0v) is 12.7. The lowest BCUT2D eigenvalue weighted by Gasteiger charge is -2.08. The first-order valence-corrected chi connectivity index (χ1v) is 7.81. The molecule has 0 saturated carbocycles. The van der Waals surface area contributed by atoms with Crippen LogP contribution in [0.2, 0.25) is 0 Å². The molecule has 0 atom stereocenters. The molecule has 4 nitrogen and oxygen atoms in total. The lowest BCUT2D eigenvalue weighted by Crippen LogP contribution is -2.29. The molecule has 0 bridgehead atoms. The molecule has 0 amide bonds. The Hall–Kier alpha value is -2.19. The van der Waals surface area contributed by atoms with E-state index in [1.807, 2.05) is 0 Å². The molecule has 0 fully saturated rings. The van der Waals surface area contributed by atoms with Gasteiger partial charge in [0.1, 0.15) is 7.05 Å². The Morgan fingerprint density at radius 3 is 1.61 bits per heavy atom.